The zero-order valence-corrected chi connectivity index (χ0v) is 24.8. The second kappa shape index (κ2) is 11.2. The van der Waals surface area contributed by atoms with E-state index in [1.165, 1.54) is 11.1 Å². The molecule has 0 amide bonds. The van der Waals surface area contributed by atoms with Gasteiger partial charge in [-0.2, -0.15) is 0 Å². The number of benzene rings is 4. The van der Waals surface area contributed by atoms with Gasteiger partial charge in [0, 0.05) is 0 Å². The Morgan fingerprint density at radius 1 is 0.762 bits per heavy atom. The van der Waals surface area contributed by atoms with Crippen molar-refractivity contribution in [1.29, 1.82) is 0 Å². The molecule has 2 aliphatic rings. The lowest BCUT2D eigenvalue weighted by Gasteiger charge is -2.40. The highest BCUT2D eigenvalue weighted by Crippen LogP contribution is 2.50. The van der Waals surface area contributed by atoms with Crippen molar-refractivity contribution in [3.63, 3.8) is 0 Å². The van der Waals surface area contributed by atoms with E-state index in [1.54, 1.807) is 14.2 Å². The molecule has 0 radical (unpaired) electrons. The lowest BCUT2D eigenvalue weighted by molar-refractivity contribution is -0.184. The number of ether oxygens (including phenoxy) is 5. The largest absolute Gasteiger partial charge is 0.497 e. The molecular formula is C36H38O6. The average Bonchev–Trinajstić information content (AvgIpc) is 3.49. The number of fused-ring (bicyclic) bond motifs is 2. The van der Waals surface area contributed by atoms with Crippen molar-refractivity contribution in [1.82, 2.24) is 0 Å². The van der Waals surface area contributed by atoms with Crippen molar-refractivity contribution in [3.05, 3.63) is 130 Å². The maximum Gasteiger partial charge on any atom is 0.144 e. The van der Waals surface area contributed by atoms with Crippen LogP contribution in [0.1, 0.15) is 45.0 Å². The van der Waals surface area contributed by atoms with Gasteiger partial charge in [0.25, 0.3) is 0 Å². The van der Waals surface area contributed by atoms with Crippen LogP contribution in [0.5, 0.6) is 11.5 Å². The fourth-order valence-electron chi connectivity index (χ4n) is 6.39. The van der Waals surface area contributed by atoms with Crippen LogP contribution in [0.25, 0.3) is 0 Å². The maximum absolute atomic E-state index is 11.6. The van der Waals surface area contributed by atoms with Crippen LogP contribution in [0.3, 0.4) is 0 Å². The monoisotopic (exact) mass is 566 g/mol. The number of hydrogen-bond acceptors (Lipinski definition) is 6. The van der Waals surface area contributed by atoms with E-state index < -0.39 is 23.4 Å². The molecule has 1 N–H and O–H groups in total. The summed E-state index contributed by atoms with van der Waals surface area (Å²) in [6.45, 7) is 6.64. The van der Waals surface area contributed by atoms with Gasteiger partial charge < -0.3 is 28.8 Å². The number of aliphatic hydroxyl groups excluding tert-OH is 1. The number of rotatable bonds is 9. The summed E-state index contributed by atoms with van der Waals surface area (Å²) in [5, 5.41) is 11.6. The number of aliphatic hydroxyl groups is 1. The molecule has 4 aromatic carbocycles. The Kier molecular flexibility index (Phi) is 7.58. The van der Waals surface area contributed by atoms with Gasteiger partial charge in [-0.25, -0.2) is 0 Å². The molecule has 4 aromatic rings. The molecule has 2 heterocycles. The van der Waals surface area contributed by atoms with Crippen LogP contribution >= 0.6 is 0 Å². The third kappa shape index (κ3) is 4.69. The molecule has 0 saturated carbocycles. The molecule has 42 heavy (non-hydrogen) atoms. The minimum Gasteiger partial charge on any atom is -0.497 e. The summed E-state index contributed by atoms with van der Waals surface area (Å²) in [5.74, 6) is 1.50. The molecule has 0 spiro atoms. The van der Waals surface area contributed by atoms with Crippen molar-refractivity contribution in [2.24, 2.45) is 0 Å². The van der Waals surface area contributed by atoms with Crippen LogP contribution in [-0.2, 0) is 19.8 Å². The molecular weight excluding hydrogens is 528 g/mol. The van der Waals surface area contributed by atoms with Crippen molar-refractivity contribution < 1.29 is 28.8 Å². The van der Waals surface area contributed by atoms with Crippen molar-refractivity contribution >= 4 is 0 Å². The Bertz CT molecular complexity index is 1480. The number of methoxy groups -OCH3 is 2. The zero-order valence-electron chi connectivity index (χ0n) is 24.8. The summed E-state index contributed by atoms with van der Waals surface area (Å²) in [6, 6.07) is 30.3. The minimum atomic E-state index is -1.03. The lowest BCUT2D eigenvalue weighted by atomic mass is 9.79. The molecule has 2 aliphatic heterocycles. The second-order valence-corrected chi connectivity index (χ2v) is 11.4. The Morgan fingerprint density at radius 3 is 1.88 bits per heavy atom. The SMILES string of the molecule is COc1ccc(C(OC[C@@]23CO[C@@H]([C@H](c4cc(C)c(C)cc4C)O2)[C@@H]3O)(c2ccccc2)c2ccc(OC)cc2)cc1. The van der Waals surface area contributed by atoms with Crippen LogP contribution in [0, 0.1) is 20.8 Å². The Morgan fingerprint density at radius 2 is 1.31 bits per heavy atom. The van der Waals surface area contributed by atoms with E-state index in [-0.39, 0.29) is 19.3 Å². The maximum atomic E-state index is 11.6. The van der Waals surface area contributed by atoms with Crippen molar-refractivity contribution in [2.45, 2.75) is 50.3 Å². The second-order valence-electron chi connectivity index (χ2n) is 11.4. The van der Waals surface area contributed by atoms with Crippen molar-refractivity contribution in [3.8, 4) is 11.5 Å². The first-order chi connectivity index (χ1) is 20.3. The molecule has 6 rings (SSSR count). The van der Waals surface area contributed by atoms with E-state index in [0.717, 1.165) is 39.3 Å². The van der Waals surface area contributed by atoms with E-state index in [2.05, 4.69) is 45.0 Å². The molecule has 2 fully saturated rings. The molecule has 0 aromatic heterocycles. The highest BCUT2D eigenvalue weighted by Gasteiger charge is 2.62. The predicted octanol–water partition coefficient (Wildman–Crippen LogP) is 6.21. The quantitative estimate of drug-likeness (QED) is 0.243. The topological polar surface area (TPSA) is 66.4 Å². The number of hydrogen-bond donors (Lipinski definition) is 1. The predicted molar refractivity (Wildman–Crippen MR) is 161 cm³/mol. The van der Waals surface area contributed by atoms with Gasteiger partial charge in [0.1, 0.15) is 41.0 Å². The fourth-order valence-corrected chi connectivity index (χ4v) is 6.39. The summed E-state index contributed by atoms with van der Waals surface area (Å²) >= 11 is 0. The first kappa shape index (κ1) is 28.4. The normalized spacial score (nSPS) is 23.2. The van der Waals surface area contributed by atoms with Gasteiger partial charge in [-0.3, -0.25) is 0 Å². The molecule has 6 nitrogen and oxygen atoms in total. The average molecular weight is 567 g/mol. The van der Waals surface area contributed by atoms with E-state index >= 15 is 0 Å². The molecule has 218 valence electrons. The van der Waals surface area contributed by atoms with Crippen molar-refractivity contribution in [2.75, 3.05) is 27.4 Å². The van der Waals surface area contributed by atoms with Gasteiger partial charge in [-0.1, -0.05) is 66.7 Å². The van der Waals surface area contributed by atoms with Gasteiger partial charge >= 0.3 is 0 Å². The van der Waals surface area contributed by atoms with E-state index in [1.807, 2.05) is 66.7 Å². The van der Waals surface area contributed by atoms with Gasteiger partial charge in [-0.15, -0.1) is 0 Å². The van der Waals surface area contributed by atoms with Crippen LogP contribution in [0.4, 0.5) is 0 Å². The standard InChI is InChI=1S/C36H38O6/c1-23-19-25(3)31(20-24(23)2)32-33-34(37)35(42-32,21-40-33)22-41-36(26-9-7-6-8-10-26,27-11-15-29(38-4)16-12-27)28-13-17-30(39-5)18-14-28/h6-20,32-34,37H,21-22H2,1-5H3/t32-,33-,34-,35+/m0/s1. The molecule has 2 bridgehead atoms. The third-order valence-corrected chi connectivity index (χ3v) is 8.93. The fraction of sp³-hybridized carbons (Fsp3) is 0.333. The summed E-state index contributed by atoms with van der Waals surface area (Å²) in [4.78, 5) is 0. The highest BCUT2D eigenvalue weighted by atomic mass is 16.7. The van der Waals surface area contributed by atoms with Gasteiger partial charge in [0.2, 0.25) is 0 Å². The highest BCUT2D eigenvalue weighted by molar-refractivity contribution is 5.50. The lowest BCUT2D eigenvalue weighted by Crippen LogP contribution is -2.48. The molecule has 0 aliphatic carbocycles. The Balaban J connectivity index is 1.43. The van der Waals surface area contributed by atoms with Crippen LogP contribution in [0.15, 0.2) is 91.0 Å². The third-order valence-electron chi connectivity index (χ3n) is 8.93. The molecule has 2 saturated heterocycles. The Labute approximate surface area is 247 Å². The van der Waals surface area contributed by atoms with Crippen LogP contribution in [0.2, 0.25) is 0 Å². The van der Waals surface area contributed by atoms with E-state index in [0.29, 0.717) is 0 Å². The van der Waals surface area contributed by atoms with Gasteiger partial charge in [-0.05, 0) is 84.0 Å². The minimum absolute atomic E-state index is 0.109. The summed E-state index contributed by atoms with van der Waals surface area (Å²) in [5.41, 5.74) is 5.31. The molecule has 6 heteroatoms. The molecule has 0 unspecified atom stereocenters. The van der Waals surface area contributed by atoms with E-state index in [4.69, 9.17) is 23.7 Å². The first-order valence-electron chi connectivity index (χ1n) is 14.3. The summed E-state index contributed by atoms with van der Waals surface area (Å²) in [7, 11) is 3.31. The van der Waals surface area contributed by atoms with Gasteiger partial charge in [0.05, 0.1) is 27.4 Å². The number of aryl methyl sites for hydroxylation is 3. The first-order valence-corrected chi connectivity index (χ1v) is 14.3. The van der Waals surface area contributed by atoms with Gasteiger partial charge in [0.15, 0.2) is 0 Å². The van der Waals surface area contributed by atoms with Crippen LogP contribution < -0.4 is 9.47 Å². The Hall–Kier alpha value is -3.68. The zero-order chi connectivity index (χ0) is 29.5. The smallest absolute Gasteiger partial charge is 0.144 e. The summed E-state index contributed by atoms with van der Waals surface area (Å²) < 4.78 is 31.0. The summed E-state index contributed by atoms with van der Waals surface area (Å²) in [6.07, 6.45) is -1.70. The van der Waals surface area contributed by atoms with E-state index in [9.17, 15) is 5.11 Å². The molecule has 4 atom stereocenters. The van der Waals surface area contributed by atoms with Crippen LogP contribution in [-0.4, -0.2) is 50.3 Å².